The van der Waals surface area contributed by atoms with Gasteiger partial charge in [-0.2, -0.15) is 9.61 Å². The highest BCUT2D eigenvalue weighted by molar-refractivity contribution is 9.10. The summed E-state index contributed by atoms with van der Waals surface area (Å²) in [4.78, 5) is 0. The minimum Gasteiger partial charge on any atom is -0.187 e. The van der Waals surface area contributed by atoms with Gasteiger partial charge in [-0.25, -0.2) is 0 Å². The van der Waals surface area contributed by atoms with Crippen LogP contribution in [0, 0.1) is 0 Å². The first-order chi connectivity index (χ1) is 12.2. The van der Waals surface area contributed by atoms with E-state index in [1.54, 1.807) is 16.3 Å². The monoisotopic (exact) mass is 430 g/mol. The first-order valence-corrected chi connectivity index (χ1v) is 9.70. The Morgan fingerprint density at radius 3 is 2.44 bits per heavy atom. The Labute approximate surface area is 162 Å². The average molecular weight is 432 g/mol. The van der Waals surface area contributed by atoms with Crippen molar-refractivity contribution in [2.24, 2.45) is 0 Å². The molecule has 124 valence electrons. The van der Waals surface area contributed by atoms with Gasteiger partial charge in [0.2, 0.25) is 5.16 Å². The molecule has 4 aromatic rings. The fourth-order valence-electron chi connectivity index (χ4n) is 2.36. The second-order valence-electron chi connectivity index (χ2n) is 5.39. The molecule has 0 amide bonds. The molecular weight excluding hydrogens is 420 g/mol. The van der Waals surface area contributed by atoms with Crippen molar-refractivity contribution >= 4 is 44.9 Å². The fraction of sp³-hybridized carbons (Fsp3) is 0.0556. The molecule has 0 N–H and O–H groups in total. The zero-order valence-corrected chi connectivity index (χ0v) is 16.1. The highest BCUT2D eigenvalue weighted by Crippen LogP contribution is 2.24. The van der Waals surface area contributed by atoms with Gasteiger partial charge in [0.05, 0.1) is 5.69 Å². The number of aromatic nitrogens is 4. The molecule has 0 aliphatic carbocycles. The van der Waals surface area contributed by atoms with Crippen LogP contribution in [0.1, 0.15) is 5.56 Å². The standard InChI is InChI=1S/C18H12BrClN4S/c19-14-5-3-13(4-6-14)16-9-10-17-21-22-18(24(17)23-16)25-11-12-1-7-15(20)8-2-12/h1-10H,11H2. The number of hydrogen-bond acceptors (Lipinski definition) is 4. The third kappa shape index (κ3) is 3.71. The normalized spacial score (nSPS) is 11.1. The number of benzene rings is 2. The predicted molar refractivity (Wildman–Crippen MR) is 105 cm³/mol. The molecule has 0 radical (unpaired) electrons. The molecule has 7 heteroatoms. The van der Waals surface area contributed by atoms with Crippen LogP contribution in [0.5, 0.6) is 0 Å². The van der Waals surface area contributed by atoms with Gasteiger partial charge in [-0.05, 0) is 42.0 Å². The molecule has 0 aliphatic heterocycles. The Kier molecular flexibility index (Phi) is 4.74. The minimum absolute atomic E-state index is 0.736. The van der Waals surface area contributed by atoms with Crippen LogP contribution in [-0.4, -0.2) is 19.8 Å². The molecule has 4 nitrogen and oxygen atoms in total. The van der Waals surface area contributed by atoms with Crippen molar-refractivity contribution in [3.63, 3.8) is 0 Å². The first-order valence-electron chi connectivity index (χ1n) is 7.55. The van der Waals surface area contributed by atoms with Crippen LogP contribution in [-0.2, 0) is 5.75 Å². The van der Waals surface area contributed by atoms with E-state index in [1.807, 2.05) is 60.7 Å². The van der Waals surface area contributed by atoms with Crippen LogP contribution in [0.3, 0.4) is 0 Å². The molecule has 0 aliphatic rings. The maximum Gasteiger partial charge on any atom is 0.212 e. The largest absolute Gasteiger partial charge is 0.212 e. The van der Waals surface area contributed by atoms with E-state index in [0.29, 0.717) is 0 Å². The quantitative estimate of drug-likeness (QED) is 0.400. The first kappa shape index (κ1) is 16.6. The lowest BCUT2D eigenvalue weighted by atomic mass is 10.1. The summed E-state index contributed by atoms with van der Waals surface area (Å²) in [6.45, 7) is 0. The van der Waals surface area contributed by atoms with Gasteiger partial charge in [-0.15, -0.1) is 10.2 Å². The van der Waals surface area contributed by atoms with Crippen LogP contribution in [0.15, 0.2) is 70.3 Å². The van der Waals surface area contributed by atoms with Gasteiger partial charge >= 0.3 is 0 Å². The van der Waals surface area contributed by atoms with Crippen molar-refractivity contribution in [3.8, 4) is 11.3 Å². The third-order valence-electron chi connectivity index (χ3n) is 3.66. The number of halogens is 2. The summed E-state index contributed by atoms with van der Waals surface area (Å²) in [6, 6.07) is 19.8. The van der Waals surface area contributed by atoms with E-state index >= 15 is 0 Å². The lowest BCUT2D eigenvalue weighted by Gasteiger charge is -2.04. The number of fused-ring (bicyclic) bond motifs is 1. The summed E-state index contributed by atoms with van der Waals surface area (Å²) in [5, 5.41) is 14.7. The minimum atomic E-state index is 0.736. The summed E-state index contributed by atoms with van der Waals surface area (Å²) in [7, 11) is 0. The second-order valence-corrected chi connectivity index (χ2v) is 7.69. The van der Waals surface area contributed by atoms with Gasteiger partial charge < -0.3 is 0 Å². The van der Waals surface area contributed by atoms with Crippen molar-refractivity contribution in [2.45, 2.75) is 10.9 Å². The summed E-state index contributed by atoms with van der Waals surface area (Å²) >= 11 is 11.0. The lowest BCUT2D eigenvalue weighted by molar-refractivity contribution is 0.813. The predicted octanol–water partition coefficient (Wildman–Crippen LogP) is 5.50. The number of rotatable bonds is 4. The van der Waals surface area contributed by atoms with Crippen LogP contribution < -0.4 is 0 Å². The molecule has 0 fully saturated rings. The Morgan fingerprint density at radius 1 is 0.920 bits per heavy atom. The molecular formula is C18H12BrClN4S. The molecule has 0 atom stereocenters. The van der Waals surface area contributed by atoms with Gasteiger partial charge in [0.25, 0.3) is 0 Å². The topological polar surface area (TPSA) is 43.1 Å². The SMILES string of the molecule is Clc1ccc(CSc2nnc3ccc(-c4ccc(Br)cc4)nn23)cc1. The number of hydrogen-bond donors (Lipinski definition) is 0. The Morgan fingerprint density at radius 2 is 1.68 bits per heavy atom. The van der Waals surface area contributed by atoms with Gasteiger partial charge in [-0.1, -0.05) is 63.6 Å². The van der Waals surface area contributed by atoms with Crippen molar-refractivity contribution in [3.05, 3.63) is 75.7 Å². The van der Waals surface area contributed by atoms with Crippen LogP contribution in [0.25, 0.3) is 16.9 Å². The number of nitrogens with zero attached hydrogens (tertiary/aromatic N) is 4. The van der Waals surface area contributed by atoms with Gasteiger partial charge in [0.1, 0.15) is 0 Å². The second kappa shape index (κ2) is 7.15. The summed E-state index contributed by atoms with van der Waals surface area (Å²) in [5.74, 6) is 0.780. The third-order valence-corrected chi connectivity index (χ3v) is 5.43. The highest BCUT2D eigenvalue weighted by atomic mass is 79.9. The molecule has 2 heterocycles. The molecule has 4 rings (SSSR count). The van der Waals surface area contributed by atoms with Crippen LogP contribution in [0.4, 0.5) is 0 Å². The Balaban J connectivity index is 1.62. The van der Waals surface area contributed by atoms with E-state index < -0.39 is 0 Å². The molecule has 2 aromatic heterocycles. The smallest absolute Gasteiger partial charge is 0.187 e. The zero-order valence-electron chi connectivity index (χ0n) is 12.9. The van der Waals surface area contributed by atoms with E-state index in [-0.39, 0.29) is 0 Å². The Bertz CT molecular complexity index is 1020. The van der Waals surface area contributed by atoms with E-state index in [0.717, 1.165) is 37.3 Å². The van der Waals surface area contributed by atoms with E-state index in [4.69, 9.17) is 16.7 Å². The highest BCUT2D eigenvalue weighted by Gasteiger charge is 2.09. The average Bonchev–Trinajstić information content (AvgIpc) is 3.04. The van der Waals surface area contributed by atoms with Crippen molar-refractivity contribution in [2.75, 3.05) is 0 Å². The molecule has 0 unspecified atom stereocenters. The van der Waals surface area contributed by atoms with Gasteiger partial charge in [0.15, 0.2) is 5.65 Å². The van der Waals surface area contributed by atoms with E-state index in [9.17, 15) is 0 Å². The lowest BCUT2D eigenvalue weighted by Crippen LogP contribution is -1.96. The maximum atomic E-state index is 5.93. The molecule has 0 saturated heterocycles. The van der Waals surface area contributed by atoms with Crippen molar-refractivity contribution in [1.29, 1.82) is 0 Å². The number of thioether (sulfide) groups is 1. The van der Waals surface area contributed by atoms with Crippen LogP contribution in [0.2, 0.25) is 5.02 Å². The van der Waals surface area contributed by atoms with Crippen molar-refractivity contribution < 1.29 is 0 Å². The van der Waals surface area contributed by atoms with Gasteiger partial charge in [0, 0.05) is 20.8 Å². The van der Waals surface area contributed by atoms with E-state index in [2.05, 4.69) is 26.1 Å². The molecule has 0 saturated carbocycles. The molecule has 25 heavy (non-hydrogen) atoms. The van der Waals surface area contributed by atoms with Crippen molar-refractivity contribution in [1.82, 2.24) is 19.8 Å². The molecule has 0 bridgehead atoms. The molecule has 0 spiro atoms. The van der Waals surface area contributed by atoms with Gasteiger partial charge in [-0.3, -0.25) is 0 Å². The summed E-state index contributed by atoms with van der Waals surface area (Å²) < 4.78 is 2.83. The summed E-state index contributed by atoms with van der Waals surface area (Å²) in [6.07, 6.45) is 0. The zero-order chi connectivity index (χ0) is 17.2. The van der Waals surface area contributed by atoms with Crippen LogP contribution >= 0.6 is 39.3 Å². The van der Waals surface area contributed by atoms with E-state index in [1.165, 1.54) is 5.56 Å². The Hall–Kier alpha value is -1.89. The maximum absolute atomic E-state index is 5.93. The summed E-state index contributed by atoms with van der Waals surface area (Å²) in [5.41, 5.74) is 3.84. The molecule has 2 aromatic carbocycles. The fourth-order valence-corrected chi connectivity index (χ4v) is 3.60.